The van der Waals surface area contributed by atoms with Gasteiger partial charge in [0.25, 0.3) is 0 Å². The summed E-state index contributed by atoms with van der Waals surface area (Å²) in [6.45, 7) is 3.49. The zero-order valence-corrected chi connectivity index (χ0v) is 12.4. The molecule has 0 bridgehead atoms. The number of ketones is 2. The molecule has 0 spiro atoms. The Kier molecular flexibility index (Phi) is 2.73. The van der Waals surface area contributed by atoms with Gasteiger partial charge in [-0.25, -0.2) is 0 Å². The highest BCUT2D eigenvalue weighted by atomic mass is 16.8. The van der Waals surface area contributed by atoms with E-state index in [0.29, 0.717) is 23.1 Å². The summed E-state index contributed by atoms with van der Waals surface area (Å²) < 4.78 is 11.8. The Morgan fingerprint density at radius 2 is 1.95 bits per heavy atom. The fraction of sp³-hybridized carbons (Fsp3) is 0.412. The average Bonchev–Trinajstić information content (AvgIpc) is 2.93. The summed E-state index contributed by atoms with van der Waals surface area (Å²) in [5.74, 6) is -1.06. The Hall–Kier alpha value is -1.82. The van der Waals surface area contributed by atoms with Gasteiger partial charge in [0.15, 0.2) is 17.4 Å². The Labute approximate surface area is 127 Å². The van der Waals surface area contributed by atoms with Gasteiger partial charge >= 0.3 is 0 Å². The molecular weight excluding hydrogens is 284 g/mol. The average molecular weight is 300 g/mol. The van der Waals surface area contributed by atoms with Crippen molar-refractivity contribution in [3.05, 3.63) is 46.0 Å². The van der Waals surface area contributed by atoms with Crippen LogP contribution in [-0.2, 0) is 22.5 Å². The van der Waals surface area contributed by atoms with E-state index in [2.05, 4.69) is 0 Å². The van der Waals surface area contributed by atoms with Crippen LogP contribution in [0, 0.1) is 0 Å². The smallest absolute Gasteiger partial charge is 0.187 e. The van der Waals surface area contributed by atoms with Gasteiger partial charge in [0.1, 0.15) is 6.10 Å². The minimum absolute atomic E-state index is 0.172. The number of aliphatic hydroxyl groups is 1. The van der Waals surface area contributed by atoms with Gasteiger partial charge < -0.3 is 14.6 Å². The molecule has 0 saturated carbocycles. The second-order valence-corrected chi connectivity index (χ2v) is 6.37. The van der Waals surface area contributed by atoms with Crippen LogP contribution < -0.4 is 0 Å². The van der Waals surface area contributed by atoms with E-state index in [4.69, 9.17) is 9.47 Å². The lowest BCUT2D eigenvalue weighted by molar-refractivity contribution is -0.148. The number of benzene rings is 1. The maximum Gasteiger partial charge on any atom is 0.187 e. The zero-order valence-electron chi connectivity index (χ0n) is 12.4. The summed E-state index contributed by atoms with van der Waals surface area (Å²) in [6.07, 6.45) is 2.63. The summed E-state index contributed by atoms with van der Waals surface area (Å²) in [7, 11) is 0. The number of fused-ring (bicyclic) bond motifs is 5. The largest absolute Gasteiger partial charge is 0.392 e. The number of hydrogen-bond donors (Lipinski definition) is 1. The molecule has 5 nitrogen and oxygen atoms in total. The molecule has 2 unspecified atom stereocenters. The van der Waals surface area contributed by atoms with Gasteiger partial charge in [-0.1, -0.05) is 0 Å². The molecule has 1 aliphatic heterocycles. The Balaban J connectivity index is 1.94. The SMILES string of the molecule is CC1(C)OC2Cc3c4c(cc(CO)c3C2O1)C(=O)C=CC4=O. The second kappa shape index (κ2) is 4.35. The Morgan fingerprint density at radius 1 is 1.23 bits per heavy atom. The second-order valence-electron chi connectivity index (χ2n) is 6.37. The van der Waals surface area contributed by atoms with Crippen LogP contribution in [0.25, 0.3) is 0 Å². The third-order valence-corrected chi connectivity index (χ3v) is 4.50. The lowest BCUT2D eigenvalue weighted by atomic mass is 9.86. The normalized spacial score (nSPS) is 27.8. The van der Waals surface area contributed by atoms with Crippen molar-refractivity contribution in [1.82, 2.24) is 0 Å². The molecule has 4 rings (SSSR count). The Morgan fingerprint density at radius 3 is 2.68 bits per heavy atom. The van der Waals surface area contributed by atoms with Gasteiger partial charge in [-0.3, -0.25) is 9.59 Å². The minimum Gasteiger partial charge on any atom is -0.392 e. The number of aliphatic hydroxyl groups excluding tert-OH is 1. The molecule has 114 valence electrons. The molecular formula is C17H16O5. The molecule has 5 heteroatoms. The van der Waals surface area contributed by atoms with E-state index < -0.39 is 5.79 Å². The van der Waals surface area contributed by atoms with E-state index in [0.717, 1.165) is 11.1 Å². The quantitative estimate of drug-likeness (QED) is 0.857. The summed E-state index contributed by atoms with van der Waals surface area (Å²) in [4.78, 5) is 24.3. The fourth-order valence-corrected chi connectivity index (χ4v) is 3.74. The Bertz CT molecular complexity index is 744. The molecule has 1 heterocycles. The van der Waals surface area contributed by atoms with Gasteiger partial charge in [0.05, 0.1) is 12.7 Å². The van der Waals surface area contributed by atoms with Crippen molar-refractivity contribution in [2.45, 2.75) is 44.9 Å². The van der Waals surface area contributed by atoms with E-state index in [1.807, 2.05) is 13.8 Å². The molecule has 22 heavy (non-hydrogen) atoms. The van der Waals surface area contributed by atoms with Crippen LogP contribution in [0.1, 0.15) is 57.4 Å². The minimum atomic E-state index is -0.685. The molecule has 0 amide bonds. The van der Waals surface area contributed by atoms with Gasteiger partial charge in [0, 0.05) is 17.5 Å². The third-order valence-electron chi connectivity index (χ3n) is 4.50. The van der Waals surface area contributed by atoms with Crippen LogP contribution in [0.2, 0.25) is 0 Å². The summed E-state index contributed by atoms with van der Waals surface area (Å²) in [5, 5.41) is 9.69. The molecule has 1 aromatic rings. The van der Waals surface area contributed by atoms with Crippen LogP contribution in [0.4, 0.5) is 0 Å². The fourth-order valence-electron chi connectivity index (χ4n) is 3.74. The zero-order chi connectivity index (χ0) is 15.6. The first-order chi connectivity index (χ1) is 10.4. The lowest BCUT2D eigenvalue weighted by Gasteiger charge is -2.22. The predicted octanol–water partition coefficient (Wildman–Crippen LogP) is 1.86. The third kappa shape index (κ3) is 1.76. The standard InChI is InChI=1S/C17H16O5/c1-17(2)21-13-6-10-14(16(13)22-17)8(7-18)5-9-11(19)3-4-12(20)15(9)10/h3-5,13,16,18H,6-7H2,1-2H3. The molecule has 2 aliphatic carbocycles. The topological polar surface area (TPSA) is 72.8 Å². The summed E-state index contributed by atoms with van der Waals surface area (Å²) in [5.41, 5.74) is 3.05. The highest BCUT2D eigenvalue weighted by Gasteiger charge is 2.49. The molecule has 2 atom stereocenters. The van der Waals surface area contributed by atoms with Crippen LogP contribution in [0.5, 0.6) is 0 Å². The van der Waals surface area contributed by atoms with Crippen LogP contribution >= 0.6 is 0 Å². The van der Waals surface area contributed by atoms with Gasteiger partial charge in [0.2, 0.25) is 0 Å². The molecule has 1 aromatic carbocycles. The molecule has 1 N–H and O–H groups in total. The number of ether oxygens (including phenoxy) is 2. The highest BCUT2D eigenvalue weighted by Crippen LogP contribution is 2.49. The summed E-state index contributed by atoms with van der Waals surface area (Å²) >= 11 is 0. The van der Waals surface area contributed by atoms with Crippen molar-refractivity contribution in [2.24, 2.45) is 0 Å². The van der Waals surface area contributed by atoms with E-state index >= 15 is 0 Å². The number of carbonyl (C=O) groups excluding carboxylic acids is 2. The van der Waals surface area contributed by atoms with Crippen LogP contribution in [0.3, 0.4) is 0 Å². The number of allylic oxidation sites excluding steroid dienone is 2. The van der Waals surface area contributed by atoms with Crippen molar-refractivity contribution < 1.29 is 24.2 Å². The number of rotatable bonds is 1. The van der Waals surface area contributed by atoms with E-state index in [9.17, 15) is 14.7 Å². The van der Waals surface area contributed by atoms with Crippen molar-refractivity contribution >= 4 is 11.6 Å². The van der Waals surface area contributed by atoms with Gasteiger partial charge in [-0.2, -0.15) is 0 Å². The van der Waals surface area contributed by atoms with Gasteiger partial charge in [-0.15, -0.1) is 0 Å². The predicted molar refractivity (Wildman–Crippen MR) is 76.6 cm³/mol. The first-order valence-corrected chi connectivity index (χ1v) is 7.33. The molecule has 0 aromatic heterocycles. The highest BCUT2D eigenvalue weighted by molar-refractivity contribution is 6.23. The van der Waals surface area contributed by atoms with E-state index in [1.165, 1.54) is 12.2 Å². The lowest BCUT2D eigenvalue weighted by Crippen LogP contribution is -2.23. The number of hydrogen-bond acceptors (Lipinski definition) is 5. The summed E-state index contributed by atoms with van der Waals surface area (Å²) in [6, 6.07) is 1.62. The van der Waals surface area contributed by atoms with Crippen molar-refractivity contribution in [3.63, 3.8) is 0 Å². The van der Waals surface area contributed by atoms with Crippen molar-refractivity contribution in [3.8, 4) is 0 Å². The molecule has 1 fully saturated rings. The van der Waals surface area contributed by atoms with Crippen LogP contribution in [0.15, 0.2) is 18.2 Å². The van der Waals surface area contributed by atoms with Crippen molar-refractivity contribution in [2.75, 3.05) is 0 Å². The van der Waals surface area contributed by atoms with Crippen LogP contribution in [-0.4, -0.2) is 28.6 Å². The molecule has 3 aliphatic rings. The maximum atomic E-state index is 12.3. The molecule has 0 radical (unpaired) electrons. The van der Waals surface area contributed by atoms with E-state index in [1.54, 1.807) is 6.07 Å². The first kappa shape index (κ1) is 13.8. The maximum absolute atomic E-state index is 12.3. The van der Waals surface area contributed by atoms with E-state index in [-0.39, 0.29) is 30.4 Å². The monoisotopic (exact) mass is 300 g/mol. The molecule has 1 saturated heterocycles. The first-order valence-electron chi connectivity index (χ1n) is 7.33. The van der Waals surface area contributed by atoms with Crippen molar-refractivity contribution in [1.29, 1.82) is 0 Å². The van der Waals surface area contributed by atoms with Gasteiger partial charge in [-0.05, 0) is 48.8 Å². The number of carbonyl (C=O) groups is 2.